The summed E-state index contributed by atoms with van der Waals surface area (Å²) in [6.07, 6.45) is 0. The van der Waals surface area contributed by atoms with Crippen molar-refractivity contribution in [3.63, 3.8) is 0 Å². The molecule has 0 aliphatic heterocycles. The molecule has 0 aliphatic carbocycles. The van der Waals surface area contributed by atoms with Gasteiger partial charge in [-0.15, -0.1) is 0 Å². The van der Waals surface area contributed by atoms with Crippen molar-refractivity contribution >= 4 is 49.1 Å². The molecule has 0 atom stereocenters. The van der Waals surface area contributed by atoms with Gasteiger partial charge in [0.25, 0.3) is 0 Å². The molecule has 0 bridgehead atoms. The number of rotatable bonds is 2. The Morgan fingerprint density at radius 3 is 2.53 bits per heavy atom. The number of halogens is 3. The summed E-state index contributed by atoms with van der Waals surface area (Å²) in [4.78, 5) is 0. The highest BCUT2D eigenvalue weighted by molar-refractivity contribution is 9.11. The third-order valence-corrected chi connectivity index (χ3v) is 3.57. The molecule has 0 spiro atoms. The van der Waals surface area contributed by atoms with E-state index in [4.69, 9.17) is 22.1 Å². The molecule has 2 N–H and O–H groups in total. The van der Waals surface area contributed by atoms with E-state index in [1.165, 1.54) is 0 Å². The molecule has 0 amide bonds. The van der Waals surface area contributed by atoms with Crippen LogP contribution in [0.15, 0.2) is 45.3 Å². The van der Waals surface area contributed by atoms with Gasteiger partial charge in [-0.3, -0.25) is 0 Å². The maximum Gasteiger partial charge on any atom is 0.151 e. The first-order chi connectivity index (χ1) is 8.08. The minimum atomic E-state index is 0.434. The standard InChI is InChI=1S/C12H8Br2ClNO/c13-7-4-5-10(8(14)6-7)17-11-3-1-2-9(15)12(11)16/h1-6H,16H2. The van der Waals surface area contributed by atoms with Crippen molar-refractivity contribution in [1.82, 2.24) is 0 Å². The van der Waals surface area contributed by atoms with Crippen molar-refractivity contribution in [1.29, 1.82) is 0 Å². The first kappa shape index (κ1) is 12.7. The number of anilines is 1. The first-order valence-corrected chi connectivity index (χ1v) is 6.71. The van der Waals surface area contributed by atoms with E-state index in [1.807, 2.05) is 18.2 Å². The van der Waals surface area contributed by atoms with Gasteiger partial charge in [-0.1, -0.05) is 33.6 Å². The Kier molecular flexibility index (Phi) is 3.97. The molecule has 5 heteroatoms. The minimum Gasteiger partial charge on any atom is -0.454 e. The number of benzene rings is 2. The molecule has 2 aromatic carbocycles. The van der Waals surface area contributed by atoms with E-state index in [2.05, 4.69) is 31.9 Å². The second-order valence-electron chi connectivity index (χ2n) is 3.33. The fraction of sp³-hybridized carbons (Fsp3) is 0. The highest BCUT2D eigenvalue weighted by Gasteiger charge is 2.08. The van der Waals surface area contributed by atoms with Gasteiger partial charge in [-0.25, -0.2) is 0 Å². The van der Waals surface area contributed by atoms with E-state index in [9.17, 15) is 0 Å². The summed E-state index contributed by atoms with van der Waals surface area (Å²) < 4.78 is 7.51. The van der Waals surface area contributed by atoms with Crippen LogP contribution < -0.4 is 10.5 Å². The lowest BCUT2D eigenvalue weighted by Gasteiger charge is -2.10. The van der Waals surface area contributed by atoms with E-state index in [1.54, 1.807) is 18.2 Å². The molecule has 17 heavy (non-hydrogen) atoms. The van der Waals surface area contributed by atoms with Crippen molar-refractivity contribution in [2.24, 2.45) is 0 Å². The van der Waals surface area contributed by atoms with Gasteiger partial charge in [0.1, 0.15) is 5.75 Å². The van der Waals surface area contributed by atoms with E-state index in [0.29, 0.717) is 22.2 Å². The van der Waals surface area contributed by atoms with Gasteiger partial charge in [-0.05, 0) is 46.3 Å². The molecule has 0 unspecified atom stereocenters. The van der Waals surface area contributed by atoms with Crippen LogP contribution in [0.5, 0.6) is 11.5 Å². The average molecular weight is 377 g/mol. The topological polar surface area (TPSA) is 35.2 Å². The van der Waals surface area contributed by atoms with Crippen LogP contribution in [0.1, 0.15) is 0 Å². The highest BCUT2D eigenvalue weighted by atomic mass is 79.9. The Morgan fingerprint density at radius 1 is 1.06 bits per heavy atom. The van der Waals surface area contributed by atoms with Gasteiger partial charge >= 0.3 is 0 Å². The molecular formula is C12H8Br2ClNO. The largest absolute Gasteiger partial charge is 0.454 e. The summed E-state index contributed by atoms with van der Waals surface area (Å²) in [6.45, 7) is 0. The zero-order chi connectivity index (χ0) is 12.4. The van der Waals surface area contributed by atoms with Gasteiger partial charge in [0.2, 0.25) is 0 Å². The van der Waals surface area contributed by atoms with Gasteiger partial charge in [0, 0.05) is 4.47 Å². The minimum absolute atomic E-state index is 0.434. The Bertz CT molecular complexity index is 560. The van der Waals surface area contributed by atoms with Crippen molar-refractivity contribution in [3.8, 4) is 11.5 Å². The summed E-state index contributed by atoms with van der Waals surface area (Å²) in [6, 6.07) is 10.9. The zero-order valence-electron chi connectivity index (χ0n) is 8.58. The number of ether oxygens (including phenoxy) is 1. The number of nitrogens with two attached hydrogens (primary N) is 1. The van der Waals surface area contributed by atoms with Crippen LogP contribution in [0.4, 0.5) is 5.69 Å². The fourth-order valence-electron chi connectivity index (χ4n) is 1.28. The molecule has 0 fully saturated rings. The van der Waals surface area contributed by atoms with Gasteiger partial charge in [-0.2, -0.15) is 0 Å². The zero-order valence-corrected chi connectivity index (χ0v) is 12.5. The van der Waals surface area contributed by atoms with Crippen molar-refractivity contribution < 1.29 is 4.74 Å². The van der Waals surface area contributed by atoms with Crippen LogP contribution in [-0.2, 0) is 0 Å². The lowest BCUT2D eigenvalue weighted by molar-refractivity contribution is 0.482. The summed E-state index contributed by atoms with van der Waals surface area (Å²) in [5.74, 6) is 1.22. The van der Waals surface area contributed by atoms with Crippen LogP contribution in [0.2, 0.25) is 5.02 Å². The predicted octanol–water partition coefficient (Wildman–Crippen LogP) is 5.24. The van der Waals surface area contributed by atoms with Crippen molar-refractivity contribution in [3.05, 3.63) is 50.4 Å². The lowest BCUT2D eigenvalue weighted by atomic mass is 10.3. The monoisotopic (exact) mass is 375 g/mol. The highest BCUT2D eigenvalue weighted by Crippen LogP contribution is 2.36. The van der Waals surface area contributed by atoms with Crippen LogP contribution in [-0.4, -0.2) is 0 Å². The number of para-hydroxylation sites is 1. The summed E-state index contributed by atoms with van der Waals surface area (Å²) >= 11 is 12.7. The number of hydrogen-bond acceptors (Lipinski definition) is 2. The third-order valence-electron chi connectivity index (χ3n) is 2.13. The van der Waals surface area contributed by atoms with E-state index in [-0.39, 0.29) is 0 Å². The molecule has 0 saturated carbocycles. The fourth-order valence-corrected chi connectivity index (χ4v) is 2.58. The van der Waals surface area contributed by atoms with Crippen molar-refractivity contribution in [2.75, 3.05) is 5.73 Å². The second kappa shape index (κ2) is 5.29. The molecule has 2 nitrogen and oxygen atoms in total. The SMILES string of the molecule is Nc1c(Cl)cccc1Oc1ccc(Br)cc1Br. The smallest absolute Gasteiger partial charge is 0.151 e. The van der Waals surface area contributed by atoms with Crippen LogP contribution >= 0.6 is 43.5 Å². The van der Waals surface area contributed by atoms with Gasteiger partial charge in [0.15, 0.2) is 5.75 Å². The Balaban J connectivity index is 2.35. The molecular weight excluding hydrogens is 369 g/mol. The molecule has 2 aromatic rings. The van der Waals surface area contributed by atoms with Crippen LogP contribution in [0, 0.1) is 0 Å². The van der Waals surface area contributed by atoms with Gasteiger partial charge in [0.05, 0.1) is 15.2 Å². The normalized spacial score (nSPS) is 10.3. The summed E-state index contributed by atoms with van der Waals surface area (Å²) in [5.41, 5.74) is 6.26. The molecule has 88 valence electrons. The van der Waals surface area contributed by atoms with Gasteiger partial charge < -0.3 is 10.5 Å². The Hall–Kier alpha value is -0.710. The van der Waals surface area contributed by atoms with Crippen LogP contribution in [0.25, 0.3) is 0 Å². The maximum absolute atomic E-state index is 5.92. The molecule has 0 heterocycles. The molecule has 0 aromatic heterocycles. The molecule has 0 radical (unpaired) electrons. The Labute approximate surface area is 121 Å². The summed E-state index contributed by atoms with van der Waals surface area (Å²) in [7, 11) is 0. The van der Waals surface area contributed by atoms with Crippen molar-refractivity contribution in [2.45, 2.75) is 0 Å². The Morgan fingerprint density at radius 2 is 1.82 bits per heavy atom. The average Bonchev–Trinajstić information content (AvgIpc) is 2.28. The van der Waals surface area contributed by atoms with Crippen LogP contribution in [0.3, 0.4) is 0 Å². The first-order valence-electron chi connectivity index (χ1n) is 4.75. The molecule has 0 saturated heterocycles. The number of hydrogen-bond donors (Lipinski definition) is 1. The maximum atomic E-state index is 5.92. The summed E-state index contributed by atoms with van der Waals surface area (Å²) in [5, 5.41) is 0.482. The van der Waals surface area contributed by atoms with E-state index in [0.717, 1.165) is 8.95 Å². The second-order valence-corrected chi connectivity index (χ2v) is 5.51. The molecule has 0 aliphatic rings. The predicted molar refractivity (Wildman–Crippen MR) is 77.8 cm³/mol. The number of nitrogen functional groups attached to an aromatic ring is 1. The van der Waals surface area contributed by atoms with E-state index >= 15 is 0 Å². The quantitative estimate of drug-likeness (QED) is 0.727. The lowest BCUT2D eigenvalue weighted by Crippen LogP contribution is -1.93. The van der Waals surface area contributed by atoms with E-state index < -0.39 is 0 Å². The molecule has 2 rings (SSSR count). The third kappa shape index (κ3) is 2.94.